The second kappa shape index (κ2) is 8.60. The number of nitrogens with zero attached hydrogens (tertiary/aromatic N) is 3. The zero-order chi connectivity index (χ0) is 20.3. The van der Waals surface area contributed by atoms with Crippen LogP contribution in [0, 0.1) is 5.92 Å². The molecule has 0 bridgehead atoms. The first-order valence-corrected chi connectivity index (χ1v) is 9.78. The highest BCUT2D eigenvalue weighted by Crippen LogP contribution is 2.34. The number of carbonyl (C=O) groups is 3. The smallest absolute Gasteiger partial charge is 0.340 e. The number of ether oxygens (including phenoxy) is 2. The predicted molar refractivity (Wildman–Crippen MR) is 103 cm³/mol. The Labute approximate surface area is 165 Å². The quantitative estimate of drug-likeness (QED) is 0.527. The Morgan fingerprint density at radius 1 is 0.964 bits per heavy atom. The van der Waals surface area contributed by atoms with Gasteiger partial charge in [0.25, 0.3) is 0 Å². The van der Waals surface area contributed by atoms with Crippen LogP contribution in [0.2, 0.25) is 0 Å². The third kappa shape index (κ3) is 3.96. The molecule has 2 fully saturated rings. The molecule has 0 unspecified atom stereocenters. The summed E-state index contributed by atoms with van der Waals surface area (Å²) >= 11 is 0. The summed E-state index contributed by atoms with van der Waals surface area (Å²) in [6.45, 7) is 8.51. The van der Waals surface area contributed by atoms with Crippen molar-refractivity contribution in [3.05, 3.63) is 18.2 Å². The molecule has 0 spiro atoms. The van der Waals surface area contributed by atoms with Gasteiger partial charge in [0.1, 0.15) is 0 Å². The Kier molecular flexibility index (Phi) is 6.18. The Morgan fingerprint density at radius 2 is 1.61 bits per heavy atom. The number of hydrogen-bond acceptors (Lipinski definition) is 6. The number of benzene rings is 1. The summed E-state index contributed by atoms with van der Waals surface area (Å²) in [5, 5.41) is 0. The van der Waals surface area contributed by atoms with Crippen molar-refractivity contribution in [2.24, 2.45) is 5.92 Å². The van der Waals surface area contributed by atoms with Crippen molar-refractivity contribution in [2.75, 3.05) is 37.9 Å². The third-order valence-corrected chi connectivity index (χ3v) is 5.06. The highest BCUT2D eigenvalue weighted by atomic mass is 16.5. The zero-order valence-corrected chi connectivity index (χ0v) is 16.6. The van der Waals surface area contributed by atoms with Crippen LogP contribution in [0.15, 0.2) is 18.2 Å². The SMILES string of the molecule is CCOc1ccc(N2C(=O)C(=O)N(CN3CCC(C)CC3)C2=O)cc1OCC. The van der Waals surface area contributed by atoms with E-state index in [1.807, 2.05) is 18.7 Å². The number of carbonyl (C=O) groups excluding carboxylic acids is 3. The molecule has 0 atom stereocenters. The van der Waals surface area contributed by atoms with Crippen LogP contribution in [-0.2, 0) is 9.59 Å². The second-order valence-corrected chi connectivity index (χ2v) is 7.10. The summed E-state index contributed by atoms with van der Waals surface area (Å²) in [4.78, 5) is 41.8. The largest absolute Gasteiger partial charge is 0.490 e. The highest BCUT2D eigenvalue weighted by molar-refractivity contribution is 6.52. The van der Waals surface area contributed by atoms with Gasteiger partial charge in [-0.3, -0.25) is 14.5 Å². The number of hydrogen-bond donors (Lipinski definition) is 0. The molecule has 0 saturated carbocycles. The normalized spacial score (nSPS) is 18.9. The van der Waals surface area contributed by atoms with Crippen LogP contribution in [0.25, 0.3) is 0 Å². The second-order valence-electron chi connectivity index (χ2n) is 7.10. The minimum absolute atomic E-state index is 0.141. The minimum atomic E-state index is -0.845. The molecule has 2 aliphatic heterocycles. The fourth-order valence-corrected chi connectivity index (χ4v) is 3.44. The lowest BCUT2D eigenvalue weighted by atomic mass is 10.00. The Bertz CT molecular complexity index is 758. The molecule has 0 radical (unpaired) electrons. The van der Waals surface area contributed by atoms with Gasteiger partial charge in [-0.25, -0.2) is 14.6 Å². The van der Waals surface area contributed by atoms with Gasteiger partial charge in [-0.15, -0.1) is 0 Å². The van der Waals surface area contributed by atoms with Crippen LogP contribution >= 0.6 is 0 Å². The van der Waals surface area contributed by atoms with Gasteiger partial charge in [-0.2, -0.15) is 0 Å². The van der Waals surface area contributed by atoms with Crippen LogP contribution in [-0.4, -0.2) is 60.6 Å². The van der Waals surface area contributed by atoms with Crippen molar-refractivity contribution < 1.29 is 23.9 Å². The van der Waals surface area contributed by atoms with E-state index in [0.717, 1.165) is 35.7 Å². The summed E-state index contributed by atoms with van der Waals surface area (Å²) in [6, 6.07) is 4.16. The monoisotopic (exact) mass is 389 g/mol. The maximum atomic E-state index is 12.9. The van der Waals surface area contributed by atoms with Gasteiger partial charge >= 0.3 is 17.8 Å². The van der Waals surface area contributed by atoms with E-state index >= 15 is 0 Å². The average molecular weight is 389 g/mol. The molecule has 8 nitrogen and oxygen atoms in total. The molecule has 152 valence electrons. The zero-order valence-electron chi connectivity index (χ0n) is 16.6. The lowest BCUT2D eigenvalue weighted by Gasteiger charge is -2.32. The van der Waals surface area contributed by atoms with Gasteiger partial charge in [0.05, 0.1) is 25.6 Å². The van der Waals surface area contributed by atoms with Crippen molar-refractivity contribution >= 4 is 23.5 Å². The number of urea groups is 1. The Morgan fingerprint density at radius 3 is 2.25 bits per heavy atom. The summed E-state index contributed by atoms with van der Waals surface area (Å²) < 4.78 is 11.1. The van der Waals surface area contributed by atoms with E-state index < -0.39 is 17.8 Å². The molecule has 2 aliphatic rings. The maximum Gasteiger partial charge on any atom is 0.340 e. The van der Waals surface area contributed by atoms with Gasteiger partial charge in [0.15, 0.2) is 11.5 Å². The van der Waals surface area contributed by atoms with Crippen molar-refractivity contribution in [3.8, 4) is 11.5 Å². The molecular formula is C20H27N3O5. The van der Waals surface area contributed by atoms with Crippen LogP contribution in [0.5, 0.6) is 11.5 Å². The van der Waals surface area contributed by atoms with E-state index in [1.54, 1.807) is 18.2 Å². The van der Waals surface area contributed by atoms with Crippen LogP contribution in [0.1, 0.15) is 33.6 Å². The minimum Gasteiger partial charge on any atom is -0.490 e. The molecule has 28 heavy (non-hydrogen) atoms. The topological polar surface area (TPSA) is 79.4 Å². The molecule has 2 saturated heterocycles. The van der Waals surface area contributed by atoms with Crippen LogP contribution in [0.3, 0.4) is 0 Å². The summed E-state index contributed by atoms with van der Waals surface area (Å²) in [7, 11) is 0. The number of amides is 4. The van der Waals surface area contributed by atoms with Gasteiger partial charge < -0.3 is 9.47 Å². The van der Waals surface area contributed by atoms with Crippen LogP contribution in [0.4, 0.5) is 10.5 Å². The number of anilines is 1. The van der Waals surface area contributed by atoms with Crippen molar-refractivity contribution in [3.63, 3.8) is 0 Å². The van der Waals surface area contributed by atoms with E-state index in [1.165, 1.54) is 0 Å². The van der Waals surface area contributed by atoms with E-state index in [-0.39, 0.29) is 6.67 Å². The molecule has 0 aliphatic carbocycles. The predicted octanol–water partition coefficient (Wildman–Crippen LogP) is 2.47. The molecule has 8 heteroatoms. The number of likely N-dealkylation sites (tertiary alicyclic amines) is 1. The number of imide groups is 2. The third-order valence-electron chi connectivity index (χ3n) is 5.06. The van der Waals surface area contributed by atoms with Crippen molar-refractivity contribution in [1.82, 2.24) is 9.80 Å². The average Bonchev–Trinajstić information content (AvgIpc) is 2.89. The molecule has 1 aromatic rings. The van der Waals surface area contributed by atoms with Gasteiger partial charge in [0, 0.05) is 19.2 Å². The van der Waals surface area contributed by atoms with Crippen molar-refractivity contribution in [1.29, 1.82) is 0 Å². The van der Waals surface area contributed by atoms with Gasteiger partial charge in [-0.1, -0.05) is 6.92 Å². The first-order chi connectivity index (χ1) is 13.5. The first-order valence-electron chi connectivity index (χ1n) is 9.78. The maximum absolute atomic E-state index is 12.9. The summed E-state index contributed by atoms with van der Waals surface area (Å²) in [6.07, 6.45) is 2.04. The highest BCUT2D eigenvalue weighted by Gasteiger charge is 2.46. The fraction of sp³-hybridized carbons (Fsp3) is 0.550. The van der Waals surface area contributed by atoms with Crippen LogP contribution < -0.4 is 14.4 Å². The lowest BCUT2D eigenvalue weighted by molar-refractivity contribution is -0.140. The van der Waals surface area contributed by atoms with E-state index in [2.05, 4.69) is 6.92 Å². The van der Waals surface area contributed by atoms with Gasteiger partial charge in [-0.05, 0) is 44.7 Å². The van der Waals surface area contributed by atoms with E-state index in [4.69, 9.17) is 9.47 Å². The van der Waals surface area contributed by atoms with E-state index in [0.29, 0.717) is 36.3 Å². The lowest BCUT2D eigenvalue weighted by Crippen LogP contribution is -2.45. The molecule has 0 aromatic heterocycles. The number of rotatable bonds is 7. The van der Waals surface area contributed by atoms with Crippen molar-refractivity contribution in [2.45, 2.75) is 33.6 Å². The molecular weight excluding hydrogens is 362 g/mol. The van der Waals surface area contributed by atoms with E-state index in [9.17, 15) is 14.4 Å². The Hall–Kier alpha value is -2.61. The molecule has 3 rings (SSSR count). The molecule has 2 heterocycles. The first kappa shape index (κ1) is 20.1. The molecule has 0 N–H and O–H groups in total. The summed E-state index contributed by atoms with van der Waals surface area (Å²) in [5.41, 5.74) is 0.296. The fourth-order valence-electron chi connectivity index (χ4n) is 3.44. The standard InChI is InChI=1S/C20H27N3O5/c1-4-27-16-7-6-15(12-17(16)28-5-2)23-19(25)18(24)22(20(23)26)13-21-10-8-14(3)9-11-21/h6-7,12,14H,4-5,8-11,13H2,1-3H3. The number of piperidine rings is 1. The molecule has 1 aromatic carbocycles. The summed E-state index contributed by atoms with van der Waals surface area (Å²) in [5.74, 6) is -0.0474. The Balaban J connectivity index is 1.80. The van der Waals surface area contributed by atoms with Gasteiger partial charge in [0.2, 0.25) is 0 Å². The molecule has 4 amide bonds.